The van der Waals surface area contributed by atoms with Crippen LogP contribution < -0.4 is 5.73 Å². The average Bonchev–Trinajstić information content (AvgIpc) is 3.50. The topological polar surface area (TPSA) is 63.9 Å². The van der Waals surface area contributed by atoms with Crippen LogP contribution in [0.5, 0.6) is 0 Å². The largest absolute Gasteiger partial charge is 0.456 e. The summed E-state index contributed by atoms with van der Waals surface area (Å²) in [5.74, 6) is 0.969. The third kappa shape index (κ3) is 4.92. The zero-order chi connectivity index (χ0) is 30.2. The van der Waals surface area contributed by atoms with E-state index in [0.29, 0.717) is 18.2 Å². The number of nitrogens with two attached hydrogens (primary N) is 1. The number of hydrogen-bond acceptors (Lipinski definition) is 2. The maximum Gasteiger partial charge on any atom is 0.157 e. The molecule has 0 amide bonds. The van der Waals surface area contributed by atoms with Crippen molar-refractivity contribution in [3.8, 4) is 11.1 Å². The first-order valence-electron chi connectivity index (χ1n) is 15.1. The monoisotopic (exact) mass is 579 g/mol. The van der Waals surface area contributed by atoms with E-state index in [4.69, 9.17) is 20.1 Å². The Labute approximate surface area is 260 Å². The number of furan rings is 1. The van der Waals surface area contributed by atoms with Crippen molar-refractivity contribution in [3.63, 3.8) is 0 Å². The third-order valence-electron chi connectivity index (χ3n) is 8.37. The Morgan fingerprint density at radius 2 is 1.27 bits per heavy atom. The smallest absolute Gasteiger partial charge is 0.157 e. The fourth-order valence-corrected chi connectivity index (χ4v) is 6.21. The second-order valence-electron chi connectivity index (χ2n) is 11.2. The molecule has 8 aromatic rings. The summed E-state index contributed by atoms with van der Waals surface area (Å²) < 4.78 is 6.34. The highest BCUT2D eigenvalue weighted by molar-refractivity contribution is 6.23. The van der Waals surface area contributed by atoms with Crippen molar-refractivity contribution < 1.29 is 4.42 Å². The molecule has 1 heterocycles. The predicted octanol–water partition coefficient (Wildman–Crippen LogP) is 9.91. The number of hydrogen-bond donors (Lipinski definition) is 1. The molecule has 0 bridgehead atoms. The molecule has 4 nitrogen and oxygen atoms in total. The van der Waals surface area contributed by atoms with E-state index in [1.807, 2.05) is 54.6 Å². The molecule has 45 heavy (non-hydrogen) atoms. The van der Waals surface area contributed by atoms with Crippen LogP contribution in [-0.2, 0) is 6.54 Å². The number of fused-ring (bicyclic) bond motifs is 6. The molecule has 0 aliphatic carbocycles. The van der Waals surface area contributed by atoms with Crippen LogP contribution in [0.2, 0.25) is 0 Å². The lowest BCUT2D eigenvalue weighted by atomic mass is 9.97. The molecule has 0 unspecified atom stereocenters. The van der Waals surface area contributed by atoms with E-state index in [1.165, 1.54) is 16.2 Å². The van der Waals surface area contributed by atoms with E-state index in [9.17, 15) is 0 Å². The molecule has 0 radical (unpaired) electrons. The second kappa shape index (κ2) is 11.3. The lowest BCUT2D eigenvalue weighted by molar-refractivity contribution is 0.669. The zero-order valence-electron chi connectivity index (χ0n) is 24.5. The first-order valence-corrected chi connectivity index (χ1v) is 15.1. The van der Waals surface area contributed by atoms with Gasteiger partial charge in [-0.05, 0) is 56.4 Å². The summed E-state index contributed by atoms with van der Waals surface area (Å²) in [5.41, 5.74) is 13.5. The molecule has 2 N–H and O–H groups in total. The van der Waals surface area contributed by atoms with Gasteiger partial charge in [0.15, 0.2) is 5.84 Å². The number of benzene rings is 7. The molecule has 214 valence electrons. The Morgan fingerprint density at radius 1 is 0.578 bits per heavy atom. The van der Waals surface area contributed by atoms with Gasteiger partial charge >= 0.3 is 0 Å². The maximum atomic E-state index is 6.92. The summed E-state index contributed by atoms with van der Waals surface area (Å²) in [6.07, 6.45) is 0. The highest BCUT2D eigenvalue weighted by Crippen LogP contribution is 2.38. The Kier molecular flexibility index (Phi) is 6.65. The van der Waals surface area contributed by atoms with Gasteiger partial charge in [-0.25, -0.2) is 4.99 Å². The van der Waals surface area contributed by atoms with Gasteiger partial charge in [-0.3, -0.25) is 4.99 Å². The van der Waals surface area contributed by atoms with Gasteiger partial charge in [0.1, 0.15) is 17.0 Å². The van der Waals surface area contributed by atoms with Crippen LogP contribution in [0.4, 0.5) is 0 Å². The standard InChI is InChI=1S/C41H29N3O/c42-40(35-18-10-20-37-39(35)38-34(17-9-19-36(38)45-37)28-13-5-2-6-14-28)44-41(43-26-27-11-3-1-4-12-27)31-23-24-33-30(25-31)22-21-29-15-7-8-16-32(29)33/h1-25H,26H2,(H2,42,43,44). The summed E-state index contributed by atoms with van der Waals surface area (Å²) in [7, 11) is 0. The molecule has 0 aliphatic heterocycles. The van der Waals surface area contributed by atoms with Gasteiger partial charge in [0.05, 0.1) is 6.54 Å². The summed E-state index contributed by atoms with van der Waals surface area (Å²) in [6, 6.07) is 51.9. The van der Waals surface area contributed by atoms with E-state index in [1.54, 1.807) is 0 Å². The number of rotatable bonds is 5. The predicted molar refractivity (Wildman–Crippen MR) is 188 cm³/mol. The van der Waals surface area contributed by atoms with Gasteiger partial charge in [-0.2, -0.15) is 0 Å². The van der Waals surface area contributed by atoms with E-state index in [-0.39, 0.29) is 0 Å². The van der Waals surface area contributed by atoms with Crippen molar-refractivity contribution in [2.75, 3.05) is 0 Å². The van der Waals surface area contributed by atoms with Gasteiger partial charge in [0.25, 0.3) is 0 Å². The highest BCUT2D eigenvalue weighted by atomic mass is 16.3. The third-order valence-corrected chi connectivity index (χ3v) is 8.37. The Bertz CT molecular complexity index is 2400. The lowest BCUT2D eigenvalue weighted by Gasteiger charge is -2.10. The molecule has 4 heteroatoms. The molecular formula is C41H29N3O. The molecule has 0 aliphatic rings. The van der Waals surface area contributed by atoms with Gasteiger partial charge in [0.2, 0.25) is 0 Å². The van der Waals surface area contributed by atoms with Crippen LogP contribution in [0.15, 0.2) is 166 Å². The lowest BCUT2D eigenvalue weighted by Crippen LogP contribution is -2.17. The Hall–Kier alpha value is -6.00. The molecule has 7 aromatic carbocycles. The van der Waals surface area contributed by atoms with Gasteiger partial charge in [-0.15, -0.1) is 0 Å². The number of amidine groups is 2. The van der Waals surface area contributed by atoms with Crippen LogP contribution in [-0.4, -0.2) is 11.7 Å². The van der Waals surface area contributed by atoms with Crippen molar-refractivity contribution in [2.24, 2.45) is 15.7 Å². The van der Waals surface area contributed by atoms with Crippen LogP contribution in [0.3, 0.4) is 0 Å². The van der Waals surface area contributed by atoms with E-state index in [2.05, 4.69) is 97.1 Å². The maximum absolute atomic E-state index is 6.92. The Balaban J connectivity index is 1.30. The number of aliphatic imine (C=N–C) groups is 2. The van der Waals surface area contributed by atoms with E-state index >= 15 is 0 Å². The van der Waals surface area contributed by atoms with Gasteiger partial charge in [-0.1, -0.05) is 133 Å². The van der Waals surface area contributed by atoms with Crippen LogP contribution in [0.25, 0.3) is 54.6 Å². The van der Waals surface area contributed by atoms with Crippen molar-refractivity contribution in [2.45, 2.75) is 6.54 Å². The summed E-state index contributed by atoms with van der Waals surface area (Å²) in [6.45, 7) is 0.486. The molecule has 1 aromatic heterocycles. The summed E-state index contributed by atoms with van der Waals surface area (Å²) in [5, 5.41) is 6.73. The van der Waals surface area contributed by atoms with Crippen molar-refractivity contribution >= 4 is 55.2 Å². The molecule has 0 fully saturated rings. The van der Waals surface area contributed by atoms with E-state index < -0.39 is 0 Å². The average molecular weight is 580 g/mol. The van der Waals surface area contributed by atoms with Crippen LogP contribution >= 0.6 is 0 Å². The van der Waals surface area contributed by atoms with Crippen molar-refractivity contribution in [1.82, 2.24) is 0 Å². The summed E-state index contributed by atoms with van der Waals surface area (Å²) >= 11 is 0. The fourth-order valence-electron chi connectivity index (χ4n) is 6.21. The SMILES string of the molecule is N/C(=N\C(=N/Cc1ccccc1)c1ccc2c(ccc3ccccc32)c1)c1cccc2oc3cccc(-c4ccccc4)c3c12. The summed E-state index contributed by atoms with van der Waals surface area (Å²) in [4.78, 5) is 10.1. The molecule has 0 saturated carbocycles. The second-order valence-corrected chi connectivity index (χ2v) is 11.2. The van der Waals surface area contributed by atoms with E-state index in [0.717, 1.165) is 55.1 Å². The minimum absolute atomic E-state index is 0.386. The fraction of sp³-hybridized carbons (Fsp3) is 0.0244. The zero-order valence-corrected chi connectivity index (χ0v) is 24.5. The quantitative estimate of drug-likeness (QED) is 0.125. The van der Waals surface area contributed by atoms with Crippen LogP contribution in [0, 0.1) is 0 Å². The molecule has 0 spiro atoms. The first-order chi connectivity index (χ1) is 22.2. The highest BCUT2D eigenvalue weighted by Gasteiger charge is 2.18. The minimum Gasteiger partial charge on any atom is -0.456 e. The molecular weight excluding hydrogens is 550 g/mol. The minimum atomic E-state index is 0.386. The molecule has 8 rings (SSSR count). The molecule has 0 atom stereocenters. The normalized spacial score (nSPS) is 12.4. The van der Waals surface area contributed by atoms with Crippen LogP contribution in [0.1, 0.15) is 16.7 Å². The van der Waals surface area contributed by atoms with Gasteiger partial charge < -0.3 is 10.2 Å². The molecule has 0 saturated heterocycles. The van der Waals surface area contributed by atoms with Crippen molar-refractivity contribution in [1.29, 1.82) is 0 Å². The Morgan fingerprint density at radius 3 is 2.11 bits per heavy atom. The first kappa shape index (κ1) is 26.6. The van der Waals surface area contributed by atoms with Crippen molar-refractivity contribution in [3.05, 3.63) is 168 Å². The number of nitrogens with zero attached hydrogens (tertiary/aromatic N) is 2. The van der Waals surface area contributed by atoms with Gasteiger partial charge in [0, 0.05) is 21.9 Å².